The SMILES string of the molecule is CC(C)Oc1ccc(-c2nc(-c3ccco3)cs2)cc1N. The molecule has 2 heterocycles. The van der Waals surface area contributed by atoms with E-state index in [1.54, 1.807) is 17.6 Å². The van der Waals surface area contributed by atoms with Crippen molar-refractivity contribution >= 4 is 17.0 Å². The fourth-order valence-corrected chi connectivity index (χ4v) is 2.79. The highest BCUT2D eigenvalue weighted by atomic mass is 32.1. The molecule has 108 valence electrons. The van der Waals surface area contributed by atoms with E-state index in [4.69, 9.17) is 14.9 Å². The summed E-state index contributed by atoms with van der Waals surface area (Å²) in [6.45, 7) is 3.95. The molecular formula is C16H16N2O2S. The molecule has 0 saturated heterocycles. The summed E-state index contributed by atoms with van der Waals surface area (Å²) in [5.74, 6) is 1.47. The van der Waals surface area contributed by atoms with Gasteiger partial charge in [-0.05, 0) is 44.2 Å². The molecule has 0 aliphatic rings. The minimum absolute atomic E-state index is 0.101. The number of aromatic nitrogens is 1. The number of ether oxygens (including phenoxy) is 1. The molecule has 2 aromatic heterocycles. The van der Waals surface area contributed by atoms with E-state index in [2.05, 4.69) is 4.98 Å². The van der Waals surface area contributed by atoms with Crippen LogP contribution in [0.4, 0.5) is 5.69 Å². The maximum absolute atomic E-state index is 6.04. The summed E-state index contributed by atoms with van der Waals surface area (Å²) in [5.41, 5.74) is 8.48. The number of furan rings is 1. The van der Waals surface area contributed by atoms with Gasteiger partial charge >= 0.3 is 0 Å². The molecule has 5 heteroatoms. The average Bonchev–Trinajstić information content (AvgIpc) is 3.10. The first-order valence-electron chi connectivity index (χ1n) is 6.69. The summed E-state index contributed by atoms with van der Waals surface area (Å²) in [5, 5.41) is 2.88. The number of thiazole rings is 1. The van der Waals surface area contributed by atoms with Gasteiger partial charge in [0, 0.05) is 10.9 Å². The zero-order valence-electron chi connectivity index (χ0n) is 11.9. The van der Waals surface area contributed by atoms with Crippen LogP contribution in [0, 0.1) is 0 Å². The fourth-order valence-electron chi connectivity index (χ4n) is 1.99. The molecule has 21 heavy (non-hydrogen) atoms. The Hall–Kier alpha value is -2.27. The quantitative estimate of drug-likeness (QED) is 0.724. The van der Waals surface area contributed by atoms with Gasteiger partial charge in [0.15, 0.2) is 5.76 Å². The lowest BCUT2D eigenvalue weighted by Crippen LogP contribution is -2.07. The van der Waals surface area contributed by atoms with Crippen molar-refractivity contribution in [1.29, 1.82) is 0 Å². The summed E-state index contributed by atoms with van der Waals surface area (Å²) in [6.07, 6.45) is 1.74. The van der Waals surface area contributed by atoms with Crippen LogP contribution in [-0.2, 0) is 0 Å². The molecule has 2 N–H and O–H groups in total. The normalized spacial score (nSPS) is 11.0. The minimum Gasteiger partial charge on any atom is -0.489 e. The van der Waals surface area contributed by atoms with Crippen LogP contribution in [0.1, 0.15) is 13.8 Å². The van der Waals surface area contributed by atoms with E-state index in [0.717, 1.165) is 22.0 Å². The number of hydrogen-bond donors (Lipinski definition) is 1. The number of hydrogen-bond acceptors (Lipinski definition) is 5. The Morgan fingerprint density at radius 1 is 1.29 bits per heavy atom. The standard InChI is InChI=1S/C16H16N2O2S/c1-10(2)20-14-6-5-11(8-12(14)17)16-18-13(9-21-16)15-4-3-7-19-15/h3-10H,17H2,1-2H3. The molecular weight excluding hydrogens is 284 g/mol. The molecule has 0 bridgehead atoms. The highest BCUT2D eigenvalue weighted by Gasteiger charge is 2.11. The second-order valence-electron chi connectivity index (χ2n) is 4.93. The lowest BCUT2D eigenvalue weighted by Gasteiger charge is -2.12. The van der Waals surface area contributed by atoms with Crippen LogP contribution >= 0.6 is 11.3 Å². The van der Waals surface area contributed by atoms with E-state index in [1.165, 1.54) is 0 Å². The third-order valence-electron chi connectivity index (χ3n) is 2.90. The molecule has 0 radical (unpaired) electrons. The number of anilines is 1. The minimum atomic E-state index is 0.101. The Morgan fingerprint density at radius 2 is 2.14 bits per heavy atom. The number of nitrogen functional groups attached to an aromatic ring is 1. The lowest BCUT2D eigenvalue weighted by molar-refractivity contribution is 0.244. The summed E-state index contributed by atoms with van der Waals surface area (Å²) in [7, 11) is 0. The Labute approximate surface area is 127 Å². The first-order chi connectivity index (χ1) is 10.1. The van der Waals surface area contributed by atoms with Crippen molar-refractivity contribution in [3.8, 4) is 27.8 Å². The van der Waals surface area contributed by atoms with Gasteiger partial charge in [-0.1, -0.05) is 0 Å². The third kappa shape index (κ3) is 2.92. The van der Waals surface area contributed by atoms with Gasteiger partial charge in [0.25, 0.3) is 0 Å². The van der Waals surface area contributed by atoms with Crippen LogP contribution in [0.25, 0.3) is 22.0 Å². The highest BCUT2D eigenvalue weighted by molar-refractivity contribution is 7.13. The van der Waals surface area contributed by atoms with E-state index in [1.807, 2.05) is 49.6 Å². The van der Waals surface area contributed by atoms with E-state index in [-0.39, 0.29) is 6.10 Å². The van der Waals surface area contributed by atoms with Crippen molar-refractivity contribution in [2.45, 2.75) is 20.0 Å². The predicted octanol–water partition coefficient (Wildman–Crippen LogP) is 4.44. The van der Waals surface area contributed by atoms with E-state index in [0.29, 0.717) is 11.4 Å². The molecule has 0 unspecified atom stereocenters. The zero-order chi connectivity index (χ0) is 14.8. The van der Waals surface area contributed by atoms with E-state index in [9.17, 15) is 0 Å². The van der Waals surface area contributed by atoms with Gasteiger partial charge in [0.05, 0.1) is 18.1 Å². The van der Waals surface area contributed by atoms with Gasteiger partial charge in [0.2, 0.25) is 0 Å². The Kier molecular flexibility index (Phi) is 3.66. The van der Waals surface area contributed by atoms with Crippen molar-refractivity contribution in [2.24, 2.45) is 0 Å². The maximum Gasteiger partial charge on any atom is 0.153 e. The average molecular weight is 300 g/mol. The number of nitrogens with zero attached hydrogens (tertiary/aromatic N) is 1. The van der Waals surface area contributed by atoms with Crippen LogP contribution in [0.15, 0.2) is 46.4 Å². The Bertz CT molecular complexity index is 733. The summed E-state index contributed by atoms with van der Waals surface area (Å²) >= 11 is 1.56. The first-order valence-corrected chi connectivity index (χ1v) is 7.57. The monoisotopic (exact) mass is 300 g/mol. The van der Waals surface area contributed by atoms with Gasteiger partial charge in [-0.15, -0.1) is 11.3 Å². The molecule has 3 aromatic rings. The Morgan fingerprint density at radius 3 is 2.81 bits per heavy atom. The molecule has 0 amide bonds. The molecule has 0 atom stereocenters. The molecule has 0 fully saturated rings. The molecule has 0 aliphatic carbocycles. The van der Waals surface area contributed by atoms with Crippen molar-refractivity contribution < 1.29 is 9.15 Å². The van der Waals surface area contributed by atoms with Crippen molar-refractivity contribution in [1.82, 2.24) is 4.98 Å². The largest absolute Gasteiger partial charge is 0.489 e. The van der Waals surface area contributed by atoms with Gasteiger partial charge in [-0.3, -0.25) is 0 Å². The molecule has 0 spiro atoms. The molecule has 1 aromatic carbocycles. The van der Waals surface area contributed by atoms with Gasteiger partial charge < -0.3 is 14.9 Å². The topological polar surface area (TPSA) is 61.3 Å². The smallest absolute Gasteiger partial charge is 0.153 e. The second kappa shape index (κ2) is 5.61. The van der Waals surface area contributed by atoms with Crippen molar-refractivity contribution in [3.05, 3.63) is 42.0 Å². The summed E-state index contributed by atoms with van der Waals surface area (Å²) in [4.78, 5) is 4.58. The summed E-state index contributed by atoms with van der Waals surface area (Å²) in [6, 6.07) is 9.50. The molecule has 3 rings (SSSR count). The third-order valence-corrected chi connectivity index (χ3v) is 3.79. The van der Waals surface area contributed by atoms with Crippen molar-refractivity contribution in [3.63, 3.8) is 0 Å². The predicted molar refractivity (Wildman–Crippen MR) is 85.4 cm³/mol. The maximum atomic E-state index is 6.04. The van der Waals surface area contributed by atoms with Gasteiger partial charge in [0.1, 0.15) is 16.5 Å². The highest BCUT2D eigenvalue weighted by Crippen LogP contribution is 2.33. The number of benzene rings is 1. The molecule has 0 aliphatic heterocycles. The van der Waals surface area contributed by atoms with Crippen LogP contribution in [0.2, 0.25) is 0 Å². The van der Waals surface area contributed by atoms with Crippen LogP contribution in [0.5, 0.6) is 5.75 Å². The van der Waals surface area contributed by atoms with E-state index < -0.39 is 0 Å². The molecule has 4 nitrogen and oxygen atoms in total. The van der Waals surface area contributed by atoms with Crippen LogP contribution < -0.4 is 10.5 Å². The van der Waals surface area contributed by atoms with Crippen LogP contribution in [0.3, 0.4) is 0 Å². The fraction of sp³-hybridized carbons (Fsp3) is 0.188. The Balaban J connectivity index is 1.89. The second-order valence-corrected chi connectivity index (χ2v) is 5.79. The van der Waals surface area contributed by atoms with Gasteiger partial charge in [-0.2, -0.15) is 0 Å². The summed E-state index contributed by atoms with van der Waals surface area (Å²) < 4.78 is 11.0. The van der Waals surface area contributed by atoms with Crippen molar-refractivity contribution in [2.75, 3.05) is 5.73 Å². The lowest BCUT2D eigenvalue weighted by atomic mass is 10.2. The van der Waals surface area contributed by atoms with Crippen LogP contribution in [-0.4, -0.2) is 11.1 Å². The van der Waals surface area contributed by atoms with Gasteiger partial charge in [-0.25, -0.2) is 4.98 Å². The zero-order valence-corrected chi connectivity index (χ0v) is 12.7. The number of nitrogens with two attached hydrogens (primary N) is 1. The molecule has 0 saturated carbocycles. The first kappa shape index (κ1) is 13.7. The number of rotatable bonds is 4. The van der Waals surface area contributed by atoms with E-state index >= 15 is 0 Å².